The summed E-state index contributed by atoms with van der Waals surface area (Å²) in [5.74, 6) is 1.01. The monoisotopic (exact) mass is 485 g/mol. The number of nitrogens with zero attached hydrogens (tertiary/aromatic N) is 2. The molecular weight excluding hydrogens is 454 g/mol. The fourth-order valence-electron chi connectivity index (χ4n) is 4.62. The van der Waals surface area contributed by atoms with Gasteiger partial charge in [-0.05, 0) is 75.3 Å². The standard InChI is InChI=1S/C25H31N3O5S/c1-18-11-12-20(32-19-7-2-3-8-19)21(17-18)33-25(13-14-25)24(29)27-34(30,31)23-10-6-9-22(26-23)28-15-4-5-16-28/h6,9-12,17,19H,2-5,7-8,13-16H2,1H3,(H,27,29). The molecule has 3 fully saturated rings. The van der Waals surface area contributed by atoms with Crippen LogP contribution in [0.15, 0.2) is 41.4 Å². The van der Waals surface area contributed by atoms with E-state index >= 15 is 0 Å². The SMILES string of the molecule is Cc1ccc(OC2CCCC2)c(OC2(C(=O)NS(=O)(=O)c3cccc(N4CCCC4)n3)CC2)c1. The number of hydrogen-bond acceptors (Lipinski definition) is 7. The number of carbonyl (C=O) groups is 1. The van der Waals surface area contributed by atoms with Crippen LogP contribution in [0.4, 0.5) is 5.82 Å². The Balaban J connectivity index is 1.31. The number of aryl methyl sites for hydroxylation is 1. The lowest BCUT2D eigenvalue weighted by Crippen LogP contribution is -2.43. The zero-order valence-corrected chi connectivity index (χ0v) is 20.3. The molecule has 2 heterocycles. The summed E-state index contributed by atoms with van der Waals surface area (Å²) in [5, 5.41) is -0.165. The molecule has 1 N–H and O–H groups in total. The summed E-state index contributed by atoms with van der Waals surface area (Å²) in [5.41, 5.74) is -0.248. The van der Waals surface area contributed by atoms with Crippen LogP contribution in [-0.2, 0) is 14.8 Å². The number of nitrogens with one attached hydrogen (secondary N) is 1. The van der Waals surface area contributed by atoms with Gasteiger partial charge in [0.15, 0.2) is 22.1 Å². The minimum absolute atomic E-state index is 0.142. The van der Waals surface area contributed by atoms with Gasteiger partial charge in [0.05, 0.1) is 6.10 Å². The van der Waals surface area contributed by atoms with Crippen LogP contribution in [-0.4, -0.2) is 44.1 Å². The van der Waals surface area contributed by atoms with E-state index < -0.39 is 21.5 Å². The molecule has 0 bridgehead atoms. The third kappa shape index (κ3) is 4.85. The van der Waals surface area contributed by atoms with E-state index in [1.54, 1.807) is 12.1 Å². The Morgan fingerprint density at radius 3 is 2.50 bits per heavy atom. The molecule has 0 spiro atoms. The molecule has 5 rings (SSSR count). The maximum Gasteiger partial charge on any atom is 0.281 e. The smallest absolute Gasteiger partial charge is 0.281 e. The van der Waals surface area contributed by atoms with Gasteiger partial charge < -0.3 is 14.4 Å². The molecule has 182 valence electrons. The number of ether oxygens (including phenoxy) is 2. The lowest BCUT2D eigenvalue weighted by molar-refractivity contribution is -0.128. The molecule has 2 aromatic rings. The number of pyridine rings is 1. The Bertz CT molecular complexity index is 1170. The van der Waals surface area contributed by atoms with Gasteiger partial charge in [0.2, 0.25) is 0 Å². The van der Waals surface area contributed by atoms with E-state index in [2.05, 4.69) is 14.6 Å². The first-order valence-corrected chi connectivity index (χ1v) is 13.6. The Morgan fingerprint density at radius 1 is 1.06 bits per heavy atom. The highest BCUT2D eigenvalue weighted by molar-refractivity contribution is 7.90. The van der Waals surface area contributed by atoms with Gasteiger partial charge in [-0.15, -0.1) is 0 Å². The normalized spacial score (nSPS) is 19.7. The molecular formula is C25H31N3O5S. The topological polar surface area (TPSA) is 97.8 Å². The van der Waals surface area contributed by atoms with Crippen LogP contribution in [0.25, 0.3) is 0 Å². The van der Waals surface area contributed by atoms with E-state index in [1.165, 1.54) is 6.07 Å². The number of carbonyl (C=O) groups excluding carboxylic acids is 1. The van der Waals surface area contributed by atoms with Crippen molar-refractivity contribution in [1.82, 2.24) is 9.71 Å². The number of benzene rings is 1. The van der Waals surface area contributed by atoms with Crippen LogP contribution < -0.4 is 19.1 Å². The zero-order valence-electron chi connectivity index (χ0n) is 19.5. The van der Waals surface area contributed by atoms with Crippen molar-refractivity contribution in [3.63, 3.8) is 0 Å². The molecule has 3 aliphatic rings. The van der Waals surface area contributed by atoms with Crippen LogP contribution in [0.3, 0.4) is 0 Å². The molecule has 0 unspecified atom stereocenters. The molecule has 34 heavy (non-hydrogen) atoms. The molecule has 1 aliphatic heterocycles. The molecule has 0 atom stereocenters. The lowest BCUT2D eigenvalue weighted by atomic mass is 10.2. The molecule has 0 radical (unpaired) electrons. The van der Waals surface area contributed by atoms with Crippen LogP contribution in [0.5, 0.6) is 11.5 Å². The molecule has 2 saturated carbocycles. The second-order valence-corrected chi connectivity index (χ2v) is 11.2. The molecule has 1 aromatic carbocycles. The van der Waals surface area contributed by atoms with E-state index in [9.17, 15) is 13.2 Å². The Hall–Kier alpha value is -2.81. The minimum atomic E-state index is -4.13. The molecule has 1 saturated heterocycles. The van der Waals surface area contributed by atoms with E-state index in [0.29, 0.717) is 30.2 Å². The fraction of sp³-hybridized carbons (Fsp3) is 0.520. The fourth-order valence-corrected chi connectivity index (χ4v) is 5.63. The van der Waals surface area contributed by atoms with Crippen molar-refractivity contribution >= 4 is 21.7 Å². The lowest BCUT2D eigenvalue weighted by Gasteiger charge is -2.22. The number of amides is 1. The van der Waals surface area contributed by atoms with E-state index in [4.69, 9.17) is 9.47 Å². The summed E-state index contributed by atoms with van der Waals surface area (Å²) < 4.78 is 40.5. The van der Waals surface area contributed by atoms with Gasteiger partial charge in [-0.3, -0.25) is 4.79 Å². The Labute approximate surface area is 200 Å². The van der Waals surface area contributed by atoms with Gasteiger partial charge in [-0.1, -0.05) is 12.1 Å². The van der Waals surface area contributed by atoms with Crippen molar-refractivity contribution in [1.29, 1.82) is 0 Å². The molecule has 2 aliphatic carbocycles. The van der Waals surface area contributed by atoms with Gasteiger partial charge in [-0.25, -0.2) is 9.71 Å². The first-order valence-electron chi connectivity index (χ1n) is 12.1. The van der Waals surface area contributed by atoms with Crippen LogP contribution in [0, 0.1) is 6.92 Å². The van der Waals surface area contributed by atoms with Gasteiger partial charge >= 0.3 is 0 Å². The average molecular weight is 486 g/mol. The van der Waals surface area contributed by atoms with Crippen LogP contribution in [0.1, 0.15) is 56.9 Å². The highest BCUT2D eigenvalue weighted by Gasteiger charge is 2.54. The number of anilines is 1. The number of hydrogen-bond donors (Lipinski definition) is 1. The first-order chi connectivity index (χ1) is 16.3. The number of rotatable bonds is 8. The minimum Gasteiger partial charge on any atom is -0.487 e. The van der Waals surface area contributed by atoms with Gasteiger partial charge in [0, 0.05) is 25.9 Å². The van der Waals surface area contributed by atoms with Crippen molar-refractivity contribution in [2.75, 3.05) is 18.0 Å². The Kier molecular flexibility index (Phi) is 6.14. The van der Waals surface area contributed by atoms with E-state index in [-0.39, 0.29) is 11.1 Å². The summed E-state index contributed by atoms with van der Waals surface area (Å²) in [6.45, 7) is 3.64. The van der Waals surface area contributed by atoms with Crippen molar-refractivity contribution < 1.29 is 22.7 Å². The summed E-state index contributed by atoms with van der Waals surface area (Å²) in [4.78, 5) is 19.5. The van der Waals surface area contributed by atoms with Crippen molar-refractivity contribution in [3.05, 3.63) is 42.0 Å². The third-order valence-corrected chi connectivity index (χ3v) is 7.99. The summed E-state index contributed by atoms with van der Waals surface area (Å²) in [6.07, 6.45) is 7.42. The number of aromatic nitrogens is 1. The highest BCUT2D eigenvalue weighted by atomic mass is 32.2. The molecule has 8 nitrogen and oxygen atoms in total. The average Bonchev–Trinajstić information content (AvgIpc) is 3.19. The quantitative estimate of drug-likeness (QED) is 0.608. The number of sulfonamides is 1. The summed E-state index contributed by atoms with van der Waals surface area (Å²) in [7, 11) is -4.13. The second-order valence-electron chi connectivity index (χ2n) is 9.53. The maximum atomic E-state index is 13.1. The van der Waals surface area contributed by atoms with Gasteiger partial charge in [-0.2, -0.15) is 8.42 Å². The maximum absolute atomic E-state index is 13.1. The van der Waals surface area contributed by atoms with E-state index in [1.807, 2.05) is 25.1 Å². The van der Waals surface area contributed by atoms with Crippen molar-refractivity contribution in [2.45, 2.75) is 75.0 Å². The zero-order chi connectivity index (χ0) is 23.8. The molecule has 1 amide bonds. The van der Waals surface area contributed by atoms with Gasteiger partial charge in [0.1, 0.15) is 5.82 Å². The van der Waals surface area contributed by atoms with Crippen LogP contribution in [0.2, 0.25) is 0 Å². The first kappa shape index (κ1) is 23.0. The van der Waals surface area contributed by atoms with Crippen LogP contribution >= 0.6 is 0 Å². The Morgan fingerprint density at radius 2 is 1.79 bits per heavy atom. The predicted molar refractivity (Wildman–Crippen MR) is 128 cm³/mol. The predicted octanol–water partition coefficient (Wildman–Crippen LogP) is 3.73. The van der Waals surface area contributed by atoms with Crippen molar-refractivity contribution in [3.8, 4) is 11.5 Å². The molecule has 9 heteroatoms. The third-order valence-electron chi connectivity index (χ3n) is 6.76. The van der Waals surface area contributed by atoms with E-state index in [0.717, 1.165) is 57.2 Å². The largest absolute Gasteiger partial charge is 0.487 e. The van der Waals surface area contributed by atoms with Gasteiger partial charge in [0.25, 0.3) is 15.9 Å². The highest BCUT2D eigenvalue weighted by Crippen LogP contribution is 2.44. The van der Waals surface area contributed by atoms with Crippen molar-refractivity contribution in [2.24, 2.45) is 0 Å². The summed E-state index contributed by atoms with van der Waals surface area (Å²) in [6, 6.07) is 10.5. The summed E-state index contributed by atoms with van der Waals surface area (Å²) >= 11 is 0. The molecule has 1 aromatic heterocycles. The second kappa shape index (κ2) is 9.09.